The second-order valence-electron chi connectivity index (χ2n) is 4.11. The minimum Gasteiger partial charge on any atom is -0.478 e. The fourth-order valence-corrected chi connectivity index (χ4v) is 1.96. The topological polar surface area (TPSA) is 71.3 Å². The van der Waals surface area contributed by atoms with Crippen LogP contribution >= 0.6 is 11.6 Å². The molecule has 2 aromatic rings. The predicted molar refractivity (Wildman–Crippen MR) is 71.7 cm³/mol. The van der Waals surface area contributed by atoms with Gasteiger partial charge in [-0.3, -0.25) is 4.79 Å². The summed E-state index contributed by atoms with van der Waals surface area (Å²) in [6.45, 7) is 0. The van der Waals surface area contributed by atoms with E-state index in [0.29, 0.717) is 10.7 Å². The molecule has 1 aromatic heterocycles. The lowest BCUT2D eigenvalue weighted by molar-refractivity contribution is 0.0692. The van der Waals surface area contributed by atoms with Crippen molar-refractivity contribution >= 4 is 29.2 Å². The number of hydrogen-bond acceptors (Lipinski definition) is 2. The highest BCUT2D eigenvalue weighted by Crippen LogP contribution is 2.17. The summed E-state index contributed by atoms with van der Waals surface area (Å²) in [5.41, 5.74) is 0.0115. The third-order valence-electron chi connectivity index (χ3n) is 2.66. The highest BCUT2D eigenvalue weighted by Gasteiger charge is 2.14. The Bertz CT molecular complexity index is 697. The normalized spacial score (nSPS) is 10.3. The zero-order valence-corrected chi connectivity index (χ0v) is 11.1. The van der Waals surface area contributed by atoms with Crippen molar-refractivity contribution in [3.8, 4) is 0 Å². The first-order valence-electron chi connectivity index (χ1n) is 5.54. The van der Waals surface area contributed by atoms with Crippen LogP contribution < -0.4 is 5.32 Å². The number of aryl methyl sites for hydroxylation is 1. The molecule has 1 heterocycles. The number of aromatic nitrogens is 1. The number of nitrogens with zero attached hydrogens (tertiary/aromatic N) is 1. The minimum atomic E-state index is -1.37. The van der Waals surface area contributed by atoms with Crippen molar-refractivity contribution in [3.05, 3.63) is 52.6 Å². The van der Waals surface area contributed by atoms with Crippen LogP contribution in [0.2, 0.25) is 5.02 Å². The third kappa shape index (κ3) is 2.80. The van der Waals surface area contributed by atoms with E-state index in [1.54, 1.807) is 13.2 Å². The Balaban J connectivity index is 2.22. The monoisotopic (exact) mass is 296 g/mol. The summed E-state index contributed by atoms with van der Waals surface area (Å²) in [6.07, 6.45) is 1.56. The number of anilines is 1. The molecule has 0 aliphatic heterocycles. The number of rotatable bonds is 3. The predicted octanol–water partition coefficient (Wildman–Crippen LogP) is 2.77. The van der Waals surface area contributed by atoms with E-state index in [2.05, 4.69) is 5.32 Å². The summed E-state index contributed by atoms with van der Waals surface area (Å²) in [4.78, 5) is 22.6. The molecule has 104 valence electrons. The lowest BCUT2D eigenvalue weighted by atomic mass is 10.2. The molecule has 0 fully saturated rings. The van der Waals surface area contributed by atoms with Gasteiger partial charge in [0.15, 0.2) is 0 Å². The van der Waals surface area contributed by atoms with Gasteiger partial charge in [-0.1, -0.05) is 11.6 Å². The standard InChI is InChI=1S/C13H10ClFN2O3/c1-17-6-7(14)4-11(17)12(18)16-8-2-3-9(13(19)20)10(15)5-8/h2-6H,1H3,(H,16,18)(H,19,20). The van der Waals surface area contributed by atoms with Crippen LogP contribution in [0.15, 0.2) is 30.5 Å². The summed E-state index contributed by atoms with van der Waals surface area (Å²) < 4.78 is 15.0. The van der Waals surface area contributed by atoms with Crippen LogP contribution in [-0.4, -0.2) is 21.6 Å². The van der Waals surface area contributed by atoms with Gasteiger partial charge in [0.05, 0.1) is 10.6 Å². The van der Waals surface area contributed by atoms with Crippen LogP contribution in [0.1, 0.15) is 20.8 Å². The Hall–Kier alpha value is -2.34. The van der Waals surface area contributed by atoms with Gasteiger partial charge < -0.3 is 15.0 Å². The maximum Gasteiger partial charge on any atom is 0.338 e. The van der Waals surface area contributed by atoms with Crippen molar-refractivity contribution in [2.24, 2.45) is 7.05 Å². The molecule has 0 bridgehead atoms. The quantitative estimate of drug-likeness (QED) is 0.915. The summed E-state index contributed by atoms with van der Waals surface area (Å²) in [5.74, 6) is -2.75. The van der Waals surface area contributed by atoms with E-state index in [9.17, 15) is 14.0 Å². The van der Waals surface area contributed by atoms with Crippen LogP contribution in [0, 0.1) is 5.82 Å². The van der Waals surface area contributed by atoms with E-state index in [4.69, 9.17) is 16.7 Å². The second kappa shape index (κ2) is 5.34. The lowest BCUT2D eigenvalue weighted by Crippen LogP contribution is -2.15. The first kappa shape index (κ1) is 14.1. The summed E-state index contributed by atoms with van der Waals surface area (Å²) in [7, 11) is 1.65. The number of aromatic carboxylic acids is 1. The van der Waals surface area contributed by atoms with Crippen molar-refractivity contribution < 1.29 is 19.1 Å². The number of carboxylic acid groups (broad SMARTS) is 1. The van der Waals surface area contributed by atoms with E-state index in [0.717, 1.165) is 12.1 Å². The van der Waals surface area contributed by atoms with Crippen LogP contribution in [0.4, 0.5) is 10.1 Å². The molecule has 0 aliphatic carbocycles. The van der Waals surface area contributed by atoms with Gasteiger partial charge >= 0.3 is 5.97 Å². The van der Waals surface area contributed by atoms with Crippen molar-refractivity contribution in [2.45, 2.75) is 0 Å². The van der Waals surface area contributed by atoms with E-state index in [-0.39, 0.29) is 5.69 Å². The maximum atomic E-state index is 13.5. The Morgan fingerprint density at radius 1 is 1.35 bits per heavy atom. The van der Waals surface area contributed by atoms with E-state index in [1.807, 2.05) is 0 Å². The van der Waals surface area contributed by atoms with Gasteiger partial charge in [0, 0.05) is 18.9 Å². The fraction of sp³-hybridized carbons (Fsp3) is 0.0769. The van der Waals surface area contributed by atoms with E-state index < -0.39 is 23.3 Å². The average Bonchev–Trinajstić information content (AvgIpc) is 2.68. The lowest BCUT2D eigenvalue weighted by Gasteiger charge is -2.07. The van der Waals surface area contributed by atoms with Crippen LogP contribution in [0.25, 0.3) is 0 Å². The molecule has 0 spiro atoms. The number of benzene rings is 1. The van der Waals surface area contributed by atoms with Gasteiger partial charge in [-0.25, -0.2) is 9.18 Å². The molecule has 5 nitrogen and oxygen atoms in total. The van der Waals surface area contributed by atoms with Crippen molar-refractivity contribution in [2.75, 3.05) is 5.32 Å². The molecule has 0 atom stereocenters. The zero-order valence-electron chi connectivity index (χ0n) is 10.4. The van der Waals surface area contributed by atoms with Crippen molar-refractivity contribution in [1.29, 1.82) is 0 Å². The van der Waals surface area contributed by atoms with Crippen LogP contribution in [0.3, 0.4) is 0 Å². The summed E-state index contributed by atoms with van der Waals surface area (Å²) in [5, 5.41) is 11.6. The van der Waals surface area contributed by atoms with Crippen LogP contribution in [-0.2, 0) is 7.05 Å². The number of nitrogens with one attached hydrogen (secondary N) is 1. The molecule has 0 radical (unpaired) electrons. The SMILES string of the molecule is Cn1cc(Cl)cc1C(=O)Nc1ccc(C(=O)O)c(F)c1. The Morgan fingerprint density at radius 2 is 2.05 bits per heavy atom. The molecular formula is C13H10ClFN2O3. The zero-order chi connectivity index (χ0) is 14.9. The van der Waals surface area contributed by atoms with Gasteiger partial charge in [-0.05, 0) is 24.3 Å². The number of amides is 1. The average molecular weight is 297 g/mol. The molecular weight excluding hydrogens is 287 g/mol. The highest BCUT2D eigenvalue weighted by atomic mass is 35.5. The van der Waals surface area contributed by atoms with E-state index >= 15 is 0 Å². The number of halogens is 2. The number of carbonyl (C=O) groups excluding carboxylic acids is 1. The van der Waals surface area contributed by atoms with Crippen molar-refractivity contribution in [3.63, 3.8) is 0 Å². The largest absolute Gasteiger partial charge is 0.478 e. The Labute approximate surface area is 118 Å². The third-order valence-corrected chi connectivity index (χ3v) is 2.87. The number of carboxylic acids is 1. The highest BCUT2D eigenvalue weighted by molar-refractivity contribution is 6.31. The Morgan fingerprint density at radius 3 is 2.55 bits per heavy atom. The number of carbonyl (C=O) groups is 2. The van der Waals surface area contributed by atoms with Gasteiger partial charge in [0.2, 0.25) is 0 Å². The minimum absolute atomic E-state index is 0.162. The van der Waals surface area contributed by atoms with Gasteiger partial charge in [-0.15, -0.1) is 0 Å². The molecule has 0 aliphatic rings. The van der Waals surface area contributed by atoms with E-state index in [1.165, 1.54) is 16.7 Å². The second-order valence-corrected chi connectivity index (χ2v) is 4.54. The summed E-state index contributed by atoms with van der Waals surface area (Å²) in [6, 6.07) is 4.82. The number of hydrogen-bond donors (Lipinski definition) is 2. The molecule has 1 amide bonds. The maximum absolute atomic E-state index is 13.5. The van der Waals surface area contributed by atoms with Gasteiger partial charge in [-0.2, -0.15) is 0 Å². The smallest absolute Gasteiger partial charge is 0.338 e. The first-order valence-corrected chi connectivity index (χ1v) is 5.92. The fourth-order valence-electron chi connectivity index (χ4n) is 1.71. The van der Waals surface area contributed by atoms with Gasteiger partial charge in [0.25, 0.3) is 5.91 Å². The molecule has 1 aromatic carbocycles. The molecule has 2 N–H and O–H groups in total. The van der Waals surface area contributed by atoms with Crippen LogP contribution in [0.5, 0.6) is 0 Å². The first-order chi connectivity index (χ1) is 9.38. The summed E-state index contributed by atoms with van der Waals surface area (Å²) >= 11 is 5.77. The Kier molecular flexibility index (Phi) is 3.76. The molecule has 2 rings (SSSR count). The molecule has 7 heteroatoms. The van der Waals surface area contributed by atoms with Crippen molar-refractivity contribution in [1.82, 2.24) is 4.57 Å². The van der Waals surface area contributed by atoms with Gasteiger partial charge in [0.1, 0.15) is 11.5 Å². The molecule has 20 heavy (non-hydrogen) atoms. The molecule has 0 unspecified atom stereocenters. The molecule has 0 saturated carbocycles. The molecule has 0 saturated heterocycles.